The third-order valence-electron chi connectivity index (χ3n) is 7.04. The number of carbonyl (C=O) groups is 3. The highest BCUT2D eigenvalue weighted by Crippen LogP contribution is 2.30. The van der Waals surface area contributed by atoms with Crippen molar-refractivity contribution in [1.29, 1.82) is 0 Å². The Kier molecular flexibility index (Phi) is 12.7. The van der Waals surface area contributed by atoms with E-state index in [1.807, 2.05) is 51.1 Å². The number of nitrogens with one attached hydrogen (secondary N) is 2. The zero-order valence-electron chi connectivity index (χ0n) is 26.2. The molecule has 0 saturated heterocycles. The quantitative estimate of drug-likeness (QED) is 0.273. The Labute approximate surface area is 246 Å². The Hall–Kier alpha value is -3.55. The lowest BCUT2D eigenvalue weighted by Gasteiger charge is -2.40. The van der Waals surface area contributed by atoms with E-state index < -0.39 is 23.8 Å². The van der Waals surface area contributed by atoms with Crippen LogP contribution in [0.4, 0.5) is 10.5 Å². The number of rotatable bonds is 13. The first-order valence-electron chi connectivity index (χ1n) is 14.6. The predicted molar refractivity (Wildman–Crippen MR) is 164 cm³/mol. The van der Waals surface area contributed by atoms with E-state index >= 15 is 0 Å². The number of amides is 3. The number of nitrogens with zero attached hydrogens (tertiary/aromatic N) is 1. The van der Waals surface area contributed by atoms with Crippen molar-refractivity contribution in [2.45, 2.75) is 98.4 Å². The van der Waals surface area contributed by atoms with E-state index in [0.29, 0.717) is 35.8 Å². The average Bonchev–Trinajstić information content (AvgIpc) is 2.92. The van der Waals surface area contributed by atoms with Gasteiger partial charge in [-0.25, -0.2) is 4.79 Å². The van der Waals surface area contributed by atoms with Gasteiger partial charge in [0, 0.05) is 11.7 Å². The van der Waals surface area contributed by atoms with Crippen LogP contribution < -0.4 is 15.4 Å². The molecule has 0 radical (unpaired) electrons. The zero-order valence-corrected chi connectivity index (χ0v) is 26.2. The van der Waals surface area contributed by atoms with Gasteiger partial charge in [-0.3, -0.25) is 9.59 Å². The molecule has 0 bridgehead atoms. The molecule has 2 aromatic carbocycles. The van der Waals surface area contributed by atoms with Gasteiger partial charge in [0.15, 0.2) is 0 Å². The Morgan fingerprint density at radius 2 is 1.51 bits per heavy atom. The number of anilines is 1. The molecule has 3 amide bonds. The van der Waals surface area contributed by atoms with Crippen LogP contribution in [0.2, 0.25) is 0 Å². The zero-order chi connectivity index (χ0) is 30.7. The first-order chi connectivity index (χ1) is 19.3. The molecule has 2 aromatic rings. The van der Waals surface area contributed by atoms with Gasteiger partial charge >= 0.3 is 6.09 Å². The van der Waals surface area contributed by atoms with Crippen LogP contribution in [0, 0.1) is 11.8 Å². The summed E-state index contributed by atoms with van der Waals surface area (Å²) in [5.41, 5.74) is 0.551. The molecule has 4 unspecified atom stereocenters. The van der Waals surface area contributed by atoms with E-state index in [0.717, 1.165) is 6.42 Å². The van der Waals surface area contributed by atoms with Crippen LogP contribution in [0.25, 0.3) is 0 Å². The molecule has 0 aliphatic rings. The maximum atomic E-state index is 14.5. The van der Waals surface area contributed by atoms with Crippen LogP contribution in [0.1, 0.15) is 86.3 Å². The smallest absolute Gasteiger partial charge is 0.408 e. The number of ether oxygens (including phenoxy) is 2. The van der Waals surface area contributed by atoms with Crippen LogP contribution in [-0.4, -0.2) is 47.6 Å². The fraction of sp³-hybridized carbons (Fsp3) is 0.545. The van der Waals surface area contributed by atoms with E-state index in [9.17, 15) is 14.4 Å². The molecule has 0 spiro atoms. The second kappa shape index (κ2) is 15.5. The molecule has 2 N–H and O–H groups in total. The third-order valence-corrected chi connectivity index (χ3v) is 7.04. The monoisotopic (exact) mass is 567 g/mol. The van der Waals surface area contributed by atoms with E-state index in [1.165, 1.54) is 0 Å². The van der Waals surface area contributed by atoms with Gasteiger partial charge in [0.05, 0.1) is 7.11 Å². The summed E-state index contributed by atoms with van der Waals surface area (Å²) in [4.78, 5) is 43.2. The first kappa shape index (κ1) is 33.7. The fourth-order valence-electron chi connectivity index (χ4n) is 4.55. The molecule has 0 saturated carbocycles. The highest BCUT2D eigenvalue weighted by atomic mass is 16.6. The highest BCUT2D eigenvalue weighted by molar-refractivity contribution is 5.99. The molecule has 0 aliphatic carbocycles. The number of methoxy groups -OCH3 is 1. The van der Waals surface area contributed by atoms with Crippen molar-refractivity contribution in [3.05, 3.63) is 60.2 Å². The van der Waals surface area contributed by atoms with Gasteiger partial charge in [0.25, 0.3) is 5.91 Å². The largest absolute Gasteiger partial charge is 0.497 e. The van der Waals surface area contributed by atoms with Gasteiger partial charge in [-0.05, 0) is 82.2 Å². The minimum atomic E-state index is -0.931. The highest BCUT2D eigenvalue weighted by Gasteiger charge is 2.40. The molecule has 8 heteroatoms. The van der Waals surface area contributed by atoms with Crippen molar-refractivity contribution >= 4 is 23.6 Å². The molecule has 0 heterocycles. The molecule has 226 valence electrons. The maximum absolute atomic E-state index is 14.5. The molecule has 0 fully saturated rings. The molecular formula is C33H49N3O5. The summed E-state index contributed by atoms with van der Waals surface area (Å²) in [6.45, 7) is 15.5. The van der Waals surface area contributed by atoms with Gasteiger partial charge in [0.2, 0.25) is 5.91 Å². The van der Waals surface area contributed by atoms with Gasteiger partial charge in [-0.15, -0.1) is 0 Å². The minimum Gasteiger partial charge on any atom is -0.497 e. The number of benzene rings is 2. The predicted octanol–water partition coefficient (Wildman–Crippen LogP) is 6.97. The summed E-state index contributed by atoms with van der Waals surface area (Å²) >= 11 is 0. The van der Waals surface area contributed by atoms with Gasteiger partial charge in [-0.2, -0.15) is 0 Å². The molecule has 4 atom stereocenters. The second-order valence-electron chi connectivity index (χ2n) is 12.1. The molecular weight excluding hydrogens is 518 g/mol. The molecule has 0 aromatic heterocycles. The van der Waals surface area contributed by atoms with Crippen LogP contribution in [0.5, 0.6) is 5.75 Å². The Morgan fingerprint density at radius 3 is 2.02 bits per heavy atom. The lowest BCUT2D eigenvalue weighted by molar-refractivity contribution is -0.144. The summed E-state index contributed by atoms with van der Waals surface area (Å²) in [7, 11) is 1.58. The SMILES string of the molecule is CCC(C)C(NC(=O)OC(C)(C)C)C(=O)N(C(C)CCC(C)C)C(C(=O)Nc1ccc(OC)cc1)c1ccccc1. The lowest BCUT2D eigenvalue weighted by atomic mass is 9.93. The summed E-state index contributed by atoms with van der Waals surface area (Å²) in [5.74, 6) is 0.233. The van der Waals surface area contributed by atoms with Crippen molar-refractivity contribution in [3.63, 3.8) is 0 Å². The molecule has 41 heavy (non-hydrogen) atoms. The summed E-state index contributed by atoms with van der Waals surface area (Å²) in [6.07, 6.45) is 1.56. The molecule has 8 nitrogen and oxygen atoms in total. The van der Waals surface area contributed by atoms with Gasteiger partial charge < -0.3 is 25.0 Å². The van der Waals surface area contributed by atoms with E-state index in [-0.39, 0.29) is 23.8 Å². The number of carbonyl (C=O) groups excluding carboxylic acids is 3. The van der Waals surface area contributed by atoms with Gasteiger partial charge in [0.1, 0.15) is 23.4 Å². The van der Waals surface area contributed by atoms with Crippen molar-refractivity contribution in [2.24, 2.45) is 11.8 Å². The topological polar surface area (TPSA) is 97.0 Å². The summed E-state index contributed by atoms with van der Waals surface area (Å²) in [5, 5.41) is 5.83. The Morgan fingerprint density at radius 1 is 0.902 bits per heavy atom. The number of alkyl carbamates (subject to hydrolysis) is 1. The third kappa shape index (κ3) is 10.4. The number of hydrogen-bond donors (Lipinski definition) is 2. The van der Waals surface area contributed by atoms with Crippen LogP contribution in [-0.2, 0) is 14.3 Å². The van der Waals surface area contributed by atoms with Crippen molar-refractivity contribution in [1.82, 2.24) is 10.2 Å². The van der Waals surface area contributed by atoms with Gasteiger partial charge in [-0.1, -0.05) is 64.4 Å². The van der Waals surface area contributed by atoms with Crippen molar-refractivity contribution in [2.75, 3.05) is 12.4 Å². The van der Waals surface area contributed by atoms with Crippen molar-refractivity contribution in [3.8, 4) is 5.75 Å². The molecule has 0 aliphatic heterocycles. The van der Waals surface area contributed by atoms with Crippen LogP contribution >= 0.6 is 0 Å². The number of hydrogen-bond acceptors (Lipinski definition) is 5. The second-order valence-corrected chi connectivity index (χ2v) is 12.1. The average molecular weight is 568 g/mol. The minimum absolute atomic E-state index is 0.198. The van der Waals surface area contributed by atoms with E-state index in [2.05, 4.69) is 24.5 Å². The normalized spacial score (nSPS) is 14.4. The fourth-order valence-corrected chi connectivity index (χ4v) is 4.55. The standard InChI is InChI=1S/C33H49N3O5/c1-10-23(4)28(35-32(39)41-33(6,7)8)31(38)36(24(5)17-16-22(2)3)29(25-14-12-11-13-15-25)30(37)34-26-18-20-27(40-9)21-19-26/h11-15,18-24,28-29H,10,16-17H2,1-9H3,(H,34,37)(H,35,39). The Balaban J connectivity index is 2.58. The van der Waals surface area contributed by atoms with Crippen molar-refractivity contribution < 1.29 is 23.9 Å². The molecule has 2 rings (SSSR count). The van der Waals surface area contributed by atoms with E-state index in [4.69, 9.17) is 9.47 Å². The van der Waals surface area contributed by atoms with E-state index in [1.54, 1.807) is 57.0 Å². The first-order valence-corrected chi connectivity index (χ1v) is 14.6. The van der Waals surface area contributed by atoms with Crippen LogP contribution in [0.3, 0.4) is 0 Å². The summed E-state index contributed by atoms with van der Waals surface area (Å²) in [6, 6.07) is 14.3. The Bertz CT molecular complexity index is 1110. The maximum Gasteiger partial charge on any atom is 0.408 e. The lowest BCUT2D eigenvalue weighted by Crippen LogP contribution is -2.57. The van der Waals surface area contributed by atoms with Crippen LogP contribution in [0.15, 0.2) is 54.6 Å². The summed E-state index contributed by atoms with van der Waals surface area (Å²) < 4.78 is 10.8.